The van der Waals surface area contributed by atoms with E-state index in [1.54, 1.807) is 0 Å². The van der Waals surface area contributed by atoms with Crippen molar-refractivity contribution in [2.45, 2.75) is 25.4 Å². The molecule has 3 heteroatoms. The highest BCUT2D eigenvalue weighted by Crippen LogP contribution is 2.45. The summed E-state index contributed by atoms with van der Waals surface area (Å²) in [6.45, 7) is 12.6. The van der Waals surface area contributed by atoms with Crippen molar-refractivity contribution < 1.29 is 0 Å². The number of fused-ring (bicyclic) bond motifs is 2. The van der Waals surface area contributed by atoms with Gasteiger partial charge in [-0.15, -0.1) is 0 Å². The number of nitrogens with two attached hydrogens (primary N) is 1. The molecule has 6 rings (SSSR count). The van der Waals surface area contributed by atoms with Crippen LogP contribution in [0.4, 0.5) is 0 Å². The minimum Gasteiger partial charge on any atom is -0.333 e. The summed E-state index contributed by atoms with van der Waals surface area (Å²) in [6, 6.07) is 39.8. The molecule has 0 fully saturated rings. The Morgan fingerprint density at radius 1 is 0.622 bits per heavy atom. The van der Waals surface area contributed by atoms with E-state index in [2.05, 4.69) is 147 Å². The van der Waals surface area contributed by atoms with Gasteiger partial charge in [0.15, 0.2) is 0 Å². The van der Waals surface area contributed by atoms with E-state index in [1.807, 2.05) is 37.8 Å². The van der Waals surface area contributed by atoms with Crippen LogP contribution in [0, 0.1) is 0 Å². The number of thiol groups is 1. The number of hydrogen-bond donors (Lipinski definition) is 2. The third-order valence-electron chi connectivity index (χ3n) is 7.87. The molecule has 0 unspecified atom stereocenters. The molecule has 0 aliphatic carbocycles. The van der Waals surface area contributed by atoms with Crippen molar-refractivity contribution in [2.24, 2.45) is 5.73 Å². The van der Waals surface area contributed by atoms with Gasteiger partial charge in [0.05, 0.1) is 0 Å². The predicted molar refractivity (Wildman–Crippen MR) is 209 cm³/mol. The maximum atomic E-state index is 4.50. The lowest BCUT2D eigenvalue weighted by Gasteiger charge is -2.21. The van der Waals surface area contributed by atoms with Crippen LogP contribution in [0.15, 0.2) is 122 Å². The number of rotatable bonds is 8. The lowest BCUT2D eigenvalue weighted by Crippen LogP contribution is -1.97. The molecule has 228 valence electrons. The van der Waals surface area contributed by atoms with Crippen molar-refractivity contribution in [1.82, 2.24) is 0 Å². The third-order valence-corrected chi connectivity index (χ3v) is 8.86. The van der Waals surface area contributed by atoms with Gasteiger partial charge in [-0.25, -0.2) is 0 Å². The van der Waals surface area contributed by atoms with Gasteiger partial charge in [-0.2, -0.15) is 24.4 Å². The molecule has 0 atom stereocenters. The zero-order chi connectivity index (χ0) is 32.3. The number of hydrogen-bond acceptors (Lipinski definition) is 3. The Morgan fingerprint density at radius 2 is 1.16 bits per heavy atom. The van der Waals surface area contributed by atoms with Crippen LogP contribution >= 0.6 is 24.4 Å². The first-order valence-electron chi connectivity index (χ1n) is 15.4. The summed E-state index contributed by atoms with van der Waals surface area (Å²) in [5, 5.41) is 4.91. The van der Waals surface area contributed by atoms with E-state index in [0.717, 1.165) is 16.9 Å². The Balaban J connectivity index is 0.00000111. The molecule has 0 aliphatic heterocycles. The summed E-state index contributed by atoms with van der Waals surface area (Å²) in [5.74, 6) is 1.72. The van der Waals surface area contributed by atoms with E-state index >= 15 is 0 Å². The molecule has 0 saturated carbocycles. The largest absolute Gasteiger partial charge is 0.333 e. The molecule has 0 spiro atoms. The topological polar surface area (TPSA) is 26.0 Å². The summed E-state index contributed by atoms with van der Waals surface area (Å²) in [6.07, 6.45) is 6.13. The molecule has 0 aromatic heterocycles. The molecule has 0 amide bonds. The fourth-order valence-corrected chi connectivity index (χ4v) is 6.67. The van der Waals surface area contributed by atoms with E-state index in [0.29, 0.717) is 5.75 Å². The van der Waals surface area contributed by atoms with Crippen LogP contribution in [0.2, 0.25) is 0 Å². The Labute approximate surface area is 279 Å². The summed E-state index contributed by atoms with van der Waals surface area (Å²) in [5.41, 5.74) is 16.4. The molecular formula is C42H43NS2. The zero-order valence-corrected chi connectivity index (χ0v) is 28.5. The highest BCUT2D eigenvalue weighted by Gasteiger charge is 2.20. The SMILES string of the molecule is C=Cc1c(C=C)c(-c2ccc(CSC)cc2)c2cc(-c3cccc4ccccc34)ccc2c1-c1ccc(CS)cc1.CC.CN. The van der Waals surface area contributed by atoms with Crippen molar-refractivity contribution in [3.05, 3.63) is 145 Å². The van der Waals surface area contributed by atoms with Gasteiger partial charge in [-0.3, -0.25) is 0 Å². The molecule has 45 heavy (non-hydrogen) atoms. The highest BCUT2D eigenvalue weighted by atomic mass is 32.2. The zero-order valence-electron chi connectivity index (χ0n) is 26.8. The van der Waals surface area contributed by atoms with Gasteiger partial charge in [0.25, 0.3) is 0 Å². The van der Waals surface area contributed by atoms with Crippen LogP contribution in [0.5, 0.6) is 0 Å². The minimum atomic E-state index is 0.715. The van der Waals surface area contributed by atoms with Gasteiger partial charge in [0.1, 0.15) is 0 Å². The molecule has 6 aromatic rings. The first-order chi connectivity index (χ1) is 22.2. The second-order valence-corrected chi connectivity index (χ2v) is 11.4. The van der Waals surface area contributed by atoms with Crippen molar-refractivity contribution in [3.63, 3.8) is 0 Å². The first kappa shape index (κ1) is 33.9. The summed E-state index contributed by atoms with van der Waals surface area (Å²) < 4.78 is 0. The standard InChI is InChI=1S/C39H32S2.C2H6.CH5N/c1-4-32-33(5-2)39(30-19-15-27(16-20-30)25-41-3)37-23-31(35-12-8-10-28-9-6-7-11-34(28)35)21-22-36(37)38(32)29-17-13-26(24-40)14-18-29;2*1-2/h4-23,40H,1-2,24-25H2,3H3;1-2H3;2H2,1H3. The fraction of sp³-hybridized carbons (Fsp3) is 0.143. The van der Waals surface area contributed by atoms with Gasteiger partial charge in [-0.1, -0.05) is 142 Å². The van der Waals surface area contributed by atoms with E-state index in [9.17, 15) is 0 Å². The average Bonchev–Trinajstić information content (AvgIpc) is 3.12. The second-order valence-electron chi connectivity index (χ2n) is 10.3. The van der Waals surface area contributed by atoms with Crippen LogP contribution in [0.25, 0.3) is 67.1 Å². The molecule has 0 radical (unpaired) electrons. The molecule has 0 aliphatic rings. The maximum Gasteiger partial charge on any atom is 0.0181 e. The Kier molecular flexibility index (Phi) is 12.3. The van der Waals surface area contributed by atoms with Crippen molar-refractivity contribution in [2.75, 3.05) is 13.3 Å². The maximum absolute atomic E-state index is 4.50. The highest BCUT2D eigenvalue weighted by molar-refractivity contribution is 7.97. The average molecular weight is 626 g/mol. The quantitative estimate of drug-likeness (QED) is 0.165. The smallest absolute Gasteiger partial charge is 0.0181 e. The fourth-order valence-electron chi connectivity index (χ4n) is 5.93. The molecule has 6 aromatic carbocycles. The predicted octanol–water partition coefficient (Wildman–Crippen LogP) is 12.2. The molecule has 0 heterocycles. The summed E-state index contributed by atoms with van der Waals surface area (Å²) in [7, 11) is 1.50. The molecular weight excluding hydrogens is 583 g/mol. The van der Waals surface area contributed by atoms with E-state index in [1.165, 1.54) is 73.1 Å². The summed E-state index contributed by atoms with van der Waals surface area (Å²) in [4.78, 5) is 0. The normalized spacial score (nSPS) is 10.4. The van der Waals surface area contributed by atoms with Gasteiger partial charge in [0.2, 0.25) is 0 Å². The molecule has 2 N–H and O–H groups in total. The summed E-state index contributed by atoms with van der Waals surface area (Å²) >= 11 is 6.32. The first-order valence-corrected chi connectivity index (χ1v) is 17.4. The lowest BCUT2D eigenvalue weighted by atomic mass is 9.82. The van der Waals surface area contributed by atoms with E-state index in [-0.39, 0.29) is 0 Å². The Morgan fingerprint density at radius 3 is 1.73 bits per heavy atom. The van der Waals surface area contributed by atoms with Gasteiger partial charge in [-0.05, 0) is 96.5 Å². The molecule has 1 nitrogen and oxygen atoms in total. The van der Waals surface area contributed by atoms with Crippen LogP contribution in [0.1, 0.15) is 36.1 Å². The minimum absolute atomic E-state index is 0.715. The molecule has 0 saturated heterocycles. The second kappa shape index (κ2) is 16.3. The monoisotopic (exact) mass is 625 g/mol. The van der Waals surface area contributed by atoms with E-state index < -0.39 is 0 Å². The Hall–Kier alpha value is -4.02. The number of thioether (sulfide) groups is 1. The third kappa shape index (κ3) is 6.97. The van der Waals surface area contributed by atoms with Crippen LogP contribution in [-0.4, -0.2) is 13.3 Å². The van der Waals surface area contributed by atoms with Gasteiger partial charge in [0, 0.05) is 11.5 Å². The Bertz CT molecular complexity index is 1900. The van der Waals surface area contributed by atoms with Crippen molar-refractivity contribution in [1.29, 1.82) is 0 Å². The van der Waals surface area contributed by atoms with Gasteiger partial charge < -0.3 is 5.73 Å². The van der Waals surface area contributed by atoms with Gasteiger partial charge >= 0.3 is 0 Å². The van der Waals surface area contributed by atoms with E-state index in [4.69, 9.17) is 0 Å². The van der Waals surface area contributed by atoms with Crippen molar-refractivity contribution in [3.8, 4) is 33.4 Å². The van der Waals surface area contributed by atoms with Crippen LogP contribution in [-0.2, 0) is 11.5 Å². The van der Waals surface area contributed by atoms with Crippen LogP contribution in [0.3, 0.4) is 0 Å². The molecule has 0 bridgehead atoms. The van der Waals surface area contributed by atoms with Crippen molar-refractivity contribution >= 4 is 58.1 Å². The van der Waals surface area contributed by atoms with Crippen LogP contribution < -0.4 is 5.73 Å². The lowest BCUT2D eigenvalue weighted by molar-refractivity contribution is 1.42. The number of benzene rings is 6.